The molecule has 1 aromatic heterocycles. The van der Waals surface area contributed by atoms with Gasteiger partial charge in [-0.25, -0.2) is 0 Å². The molecule has 0 radical (unpaired) electrons. The maximum atomic E-state index is 12.5. The van der Waals surface area contributed by atoms with Crippen LogP contribution < -0.4 is 5.32 Å². The fourth-order valence-corrected chi connectivity index (χ4v) is 3.11. The van der Waals surface area contributed by atoms with Crippen LogP contribution in [0.25, 0.3) is 11.3 Å². The minimum Gasteiger partial charge on any atom is -0.506 e. The Morgan fingerprint density at radius 3 is 2.92 bits per heavy atom. The zero-order valence-corrected chi connectivity index (χ0v) is 13.3. The highest BCUT2D eigenvalue weighted by Gasteiger charge is 2.27. The van der Waals surface area contributed by atoms with Crippen molar-refractivity contribution < 1.29 is 14.4 Å². The molecular formula is C18H13ClN2O3. The fourth-order valence-electron chi connectivity index (χ4n) is 2.94. The molecule has 1 amide bonds. The summed E-state index contributed by atoms with van der Waals surface area (Å²) in [7, 11) is 0. The van der Waals surface area contributed by atoms with Crippen LogP contribution in [-0.2, 0) is 12.8 Å². The van der Waals surface area contributed by atoms with E-state index in [0.717, 1.165) is 17.5 Å². The van der Waals surface area contributed by atoms with Gasteiger partial charge in [0, 0.05) is 16.1 Å². The second kappa shape index (κ2) is 5.69. The van der Waals surface area contributed by atoms with E-state index in [2.05, 4.69) is 10.5 Å². The molecule has 0 saturated heterocycles. The van der Waals surface area contributed by atoms with Crippen molar-refractivity contribution in [2.45, 2.75) is 12.8 Å². The number of benzene rings is 2. The monoisotopic (exact) mass is 340 g/mol. The fraction of sp³-hybridized carbons (Fsp3) is 0.111. The Bertz CT molecular complexity index is 949. The number of amides is 1. The molecule has 120 valence electrons. The van der Waals surface area contributed by atoms with Gasteiger partial charge in [0.15, 0.2) is 11.5 Å². The van der Waals surface area contributed by atoms with Gasteiger partial charge in [-0.15, -0.1) is 0 Å². The lowest BCUT2D eigenvalue weighted by molar-refractivity contribution is 0.101. The molecule has 1 heterocycles. The second-order valence-corrected chi connectivity index (χ2v) is 6.05. The minimum atomic E-state index is -0.433. The second-order valence-electron chi connectivity index (χ2n) is 5.61. The minimum absolute atomic E-state index is 0.0598. The molecule has 6 heteroatoms. The van der Waals surface area contributed by atoms with Gasteiger partial charge >= 0.3 is 0 Å². The first kappa shape index (κ1) is 14.8. The van der Waals surface area contributed by atoms with Crippen LogP contribution in [0.15, 0.2) is 47.0 Å². The van der Waals surface area contributed by atoms with Gasteiger partial charge in [0.1, 0.15) is 5.75 Å². The number of halogens is 1. The average molecular weight is 341 g/mol. The van der Waals surface area contributed by atoms with Crippen molar-refractivity contribution in [3.63, 3.8) is 0 Å². The normalized spacial score (nSPS) is 12.4. The molecule has 5 nitrogen and oxygen atoms in total. The van der Waals surface area contributed by atoms with Crippen LogP contribution in [-0.4, -0.2) is 16.2 Å². The largest absolute Gasteiger partial charge is 0.506 e. The number of carbonyl (C=O) groups is 1. The average Bonchev–Trinajstić information content (AvgIpc) is 3.03. The first-order valence-electron chi connectivity index (χ1n) is 7.50. The number of nitrogens with one attached hydrogen (secondary N) is 1. The molecule has 0 fully saturated rings. The van der Waals surface area contributed by atoms with Gasteiger partial charge in [0.25, 0.3) is 5.91 Å². The van der Waals surface area contributed by atoms with E-state index < -0.39 is 5.91 Å². The van der Waals surface area contributed by atoms with E-state index in [4.69, 9.17) is 16.1 Å². The van der Waals surface area contributed by atoms with E-state index in [1.165, 1.54) is 17.7 Å². The van der Waals surface area contributed by atoms with Crippen LogP contribution in [0.2, 0.25) is 5.02 Å². The van der Waals surface area contributed by atoms with Crippen molar-refractivity contribution in [1.29, 1.82) is 0 Å². The highest BCUT2D eigenvalue weighted by Crippen LogP contribution is 2.35. The zero-order valence-electron chi connectivity index (χ0n) is 12.5. The van der Waals surface area contributed by atoms with Crippen LogP contribution in [0.1, 0.15) is 21.6 Å². The third-order valence-corrected chi connectivity index (χ3v) is 4.35. The van der Waals surface area contributed by atoms with E-state index in [1.807, 2.05) is 24.3 Å². The molecule has 0 atom stereocenters. The molecular weight excluding hydrogens is 328 g/mol. The summed E-state index contributed by atoms with van der Waals surface area (Å²) in [4.78, 5) is 12.5. The quantitative estimate of drug-likeness (QED) is 0.690. The molecule has 1 aliphatic carbocycles. The molecule has 1 aliphatic rings. The number of rotatable bonds is 2. The SMILES string of the molecule is O=C(Nc1cc(Cl)ccc1O)c1noc2c1CCc1ccccc1-2. The molecule has 0 bridgehead atoms. The molecule has 2 aromatic carbocycles. The summed E-state index contributed by atoms with van der Waals surface area (Å²) in [6.07, 6.45) is 1.51. The smallest absolute Gasteiger partial charge is 0.278 e. The number of hydrogen-bond acceptors (Lipinski definition) is 4. The van der Waals surface area contributed by atoms with E-state index in [9.17, 15) is 9.90 Å². The number of phenols is 1. The predicted molar refractivity (Wildman–Crippen MR) is 90.4 cm³/mol. The summed E-state index contributed by atoms with van der Waals surface area (Å²) in [5, 5.41) is 16.8. The van der Waals surface area contributed by atoms with Gasteiger partial charge in [0.05, 0.1) is 5.69 Å². The molecule has 2 N–H and O–H groups in total. The topological polar surface area (TPSA) is 75.4 Å². The molecule has 0 unspecified atom stereocenters. The van der Waals surface area contributed by atoms with Gasteiger partial charge in [-0.2, -0.15) is 0 Å². The van der Waals surface area contributed by atoms with Crippen molar-refractivity contribution >= 4 is 23.2 Å². The maximum absolute atomic E-state index is 12.5. The van der Waals surface area contributed by atoms with E-state index in [-0.39, 0.29) is 17.1 Å². The molecule has 4 rings (SSSR count). The van der Waals surface area contributed by atoms with Crippen LogP contribution in [0, 0.1) is 0 Å². The Hall–Kier alpha value is -2.79. The highest BCUT2D eigenvalue weighted by molar-refractivity contribution is 6.31. The maximum Gasteiger partial charge on any atom is 0.278 e. The summed E-state index contributed by atoms with van der Waals surface area (Å²) in [6, 6.07) is 12.4. The number of nitrogens with zero attached hydrogens (tertiary/aromatic N) is 1. The van der Waals surface area contributed by atoms with Crippen molar-refractivity contribution in [3.05, 3.63) is 64.3 Å². The van der Waals surface area contributed by atoms with Crippen molar-refractivity contribution in [3.8, 4) is 17.1 Å². The summed E-state index contributed by atoms with van der Waals surface area (Å²) in [5.41, 5.74) is 3.41. The van der Waals surface area contributed by atoms with Crippen LogP contribution in [0.5, 0.6) is 5.75 Å². The van der Waals surface area contributed by atoms with Gasteiger partial charge in [-0.05, 0) is 36.6 Å². The number of aromatic hydroxyl groups is 1. The number of hydrogen-bond donors (Lipinski definition) is 2. The number of aryl methyl sites for hydroxylation is 1. The first-order valence-corrected chi connectivity index (χ1v) is 7.88. The molecule has 3 aromatic rings. The van der Waals surface area contributed by atoms with Gasteiger partial charge in [0.2, 0.25) is 0 Å². The Labute approximate surface area is 142 Å². The zero-order chi connectivity index (χ0) is 16.7. The van der Waals surface area contributed by atoms with Crippen LogP contribution in [0.4, 0.5) is 5.69 Å². The lowest BCUT2D eigenvalue weighted by Crippen LogP contribution is -2.16. The number of phenolic OH excluding ortho intramolecular Hbond substituents is 1. The number of anilines is 1. The van der Waals surface area contributed by atoms with Crippen molar-refractivity contribution in [2.24, 2.45) is 0 Å². The van der Waals surface area contributed by atoms with E-state index in [1.54, 1.807) is 6.07 Å². The molecule has 24 heavy (non-hydrogen) atoms. The Morgan fingerprint density at radius 2 is 2.04 bits per heavy atom. The Kier molecular flexibility index (Phi) is 3.50. The first-order chi connectivity index (χ1) is 11.6. The standard InChI is InChI=1S/C18H13ClN2O3/c19-11-6-8-15(22)14(9-11)20-18(23)16-13-7-5-10-3-1-2-4-12(10)17(13)24-21-16/h1-4,6,8-9,22H,5,7H2,(H,20,23). The van der Waals surface area contributed by atoms with E-state index in [0.29, 0.717) is 17.2 Å². The van der Waals surface area contributed by atoms with Gasteiger partial charge in [-0.1, -0.05) is 41.0 Å². The van der Waals surface area contributed by atoms with Crippen LogP contribution in [0.3, 0.4) is 0 Å². The van der Waals surface area contributed by atoms with E-state index >= 15 is 0 Å². The lowest BCUT2D eigenvalue weighted by atomic mass is 9.89. The summed E-state index contributed by atoms with van der Waals surface area (Å²) in [5.74, 6) is 0.143. The number of fused-ring (bicyclic) bond motifs is 3. The van der Waals surface area contributed by atoms with Crippen molar-refractivity contribution in [1.82, 2.24) is 5.16 Å². The van der Waals surface area contributed by atoms with Crippen LogP contribution >= 0.6 is 11.6 Å². The lowest BCUT2D eigenvalue weighted by Gasteiger charge is -2.14. The Morgan fingerprint density at radius 1 is 1.21 bits per heavy atom. The molecule has 0 aliphatic heterocycles. The third kappa shape index (κ3) is 2.43. The highest BCUT2D eigenvalue weighted by atomic mass is 35.5. The number of carbonyl (C=O) groups excluding carboxylic acids is 1. The summed E-state index contributed by atoms with van der Waals surface area (Å²) >= 11 is 5.90. The Balaban J connectivity index is 1.68. The summed E-state index contributed by atoms with van der Waals surface area (Å²) in [6.45, 7) is 0. The van der Waals surface area contributed by atoms with Gasteiger partial charge in [-0.3, -0.25) is 4.79 Å². The molecule has 0 saturated carbocycles. The number of aromatic nitrogens is 1. The summed E-state index contributed by atoms with van der Waals surface area (Å²) < 4.78 is 5.43. The molecule has 0 spiro atoms. The predicted octanol–water partition coefficient (Wildman–Crippen LogP) is 4.05. The third-order valence-electron chi connectivity index (χ3n) is 4.12. The van der Waals surface area contributed by atoms with Crippen molar-refractivity contribution in [2.75, 3.05) is 5.32 Å². The van der Waals surface area contributed by atoms with Gasteiger partial charge < -0.3 is 14.9 Å².